The summed E-state index contributed by atoms with van der Waals surface area (Å²) < 4.78 is 7.11. The van der Waals surface area contributed by atoms with Crippen LogP contribution in [0.15, 0.2) is 60.9 Å². The van der Waals surface area contributed by atoms with Crippen LogP contribution >= 0.6 is 11.6 Å². The number of fused-ring (bicyclic) bond motifs is 1. The number of nitrogens with zero attached hydrogens (tertiary/aromatic N) is 6. The van der Waals surface area contributed by atoms with Gasteiger partial charge in [0.15, 0.2) is 11.5 Å². The summed E-state index contributed by atoms with van der Waals surface area (Å²) in [5, 5.41) is 35.5. The fourth-order valence-electron chi connectivity index (χ4n) is 3.59. The number of aliphatic hydroxyl groups excluding tert-OH is 1. The zero-order valence-corrected chi connectivity index (χ0v) is 19.2. The molecule has 5 rings (SSSR count). The zero-order valence-electron chi connectivity index (χ0n) is 18.5. The third-order valence-corrected chi connectivity index (χ3v) is 5.54. The number of nitrogens with one attached hydrogen (secondary N) is 2. The summed E-state index contributed by atoms with van der Waals surface area (Å²) in [6.07, 6.45) is 2.01. The van der Waals surface area contributed by atoms with Crippen LogP contribution in [0.5, 0.6) is 0 Å². The standard InChI is InChI=1S/C24H19ClN8O2/c1-33-8-7-18(32-33)22-21(15-9-16-12-27-31-20(16)17(25)10-15)28-19(11-26)23(29-22)30-24(34)35-13-14-5-3-2-4-6-14/h2-10,12,24,34H,13H2,1H3,(H,27,31)(H,29,30). The molecule has 0 amide bonds. The monoisotopic (exact) mass is 486 g/mol. The van der Waals surface area contributed by atoms with Gasteiger partial charge in [0.1, 0.15) is 23.2 Å². The molecule has 35 heavy (non-hydrogen) atoms. The Hall–Kier alpha value is -4.30. The van der Waals surface area contributed by atoms with Crippen LogP contribution in [0.2, 0.25) is 5.02 Å². The molecule has 0 saturated heterocycles. The number of nitriles is 1. The molecule has 5 aromatic rings. The van der Waals surface area contributed by atoms with Crippen molar-refractivity contribution in [1.82, 2.24) is 29.9 Å². The van der Waals surface area contributed by atoms with Crippen molar-refractivity contribution in [3.8, 4) is 28.7 Å². The maximum Gasteiger partial charge on any atom is 0.236 e. The first kappa shape index (κ1) is 22.5. The Kier molecular flexibility index (Phi) is 6.12. The topological polar surface area (TPSA) is 138 Å². The molecule has 2 aromatic carbocycles. The van der Waals surface area contributed by atoms with E-state index in [0.29, 0.717) is 33.2 Å². The number of H-pyrrole nitrogens is 1. The molecule has 1 atom stereocenters. The molecule has 3 N–H and O–H groups in total. The smallest absolute Gasteiger partial charge is 0.236 e. The van der Waals surface area contributed by atoms with E-state index >= 15 is 0 Å². The number of ether oxygens (including phenoxy) is 1. The molecule has 0 spiro atoms. The minimum absolute atomic E-state index is 0.0227. The Bertz CT molecular complexity index is 1540. The predicted octanol–water partition coefficient (Wildman–Crippen LogP) is 3.85. The molecular weight excluding hydrogens is 468 g/mol. The molecule has 1 unspecified atom stereocenters. The van der Waals surface area contributed by atoms with E-state index in [1.54, 1.807) is 36.3 Å². The van der Waals surface area contributed by atoms with Crippen LogP contribution in [-0.4, -0.2) is 41.5 Å². The van der Waals surface area contributed by atoms with Crippen molar-refractivity contribution in [2.75, 3.05) is 5.32 Å². The van der Waals surface area contributed by atoms with Gasteiger partial charge in [0.25, 0.3) is 0 Å². The number of aromatic amines is 1. The summed E-state index contributed by atoms with van der Waals surface area (Å²) in [5.74, 6) is 0.0629. The van der Waals surface area contributed by atoms with Crippen molar-refractivity contribution in [2.24, 2.45) is 7.05 Å². The number of halogens is 1. The first-order valence-electron chi connectivity index (χ1n) is 10.6. The summed E-state index contributed by atoms with van der Waals surface area (Å²) >= 11 is 6.45. The lowest BCUT2D eigenvalue weighted by Gasteiger charge is -2.17. The van der Waals surface area contributed by atoms with Crippen LogP contribution in [-0.2, 0) is 18.4 Å². The summed E-state index contributed by atoms with van der Waals surface area (Å²) in [4.78, 5) is 9.18. The van der Waals surface area contributed by atoms with E-state index < -0.39 is 6.41 Å². The van der Waals surface area contributed by atoms with Crippen molar-refractivity contribution in [3.63, 3.8) is 0 Å². The van der Waals surface area contributed by atoms with Gasteiger partial charge in [-0.15, -0.1) is 0 Å². The second-order valence-corrected chi connectivity index (χ2v) is 8.10. The number of rotatable bonds is 7. The van der Waals surface area contributed by atoms with Gasteiger partial charge < -0.3 is 15.2 Å². The number of benzene rings is 2. The first-order chi connectivity index (χ1) is 17.0. The van der Waals surface area contributed by atoms with Crippen molar-refractivity contribution in [2.45, 2.75) is 13.0 Å². The molecule has 0 aliphatic heterocycles. The zero-order chi connectivity index (χ0) is 24.4. The second kappa shape index (κ2) is 9.52. The molecule has 3 aromatic heterocycles. The molecule has 0 aliphatic carbocycles. The number of hydrogen-bond acceptors (Lipinski definition) is 8. The first-order valence-corrected chi connectivity index (χ1v) is 10.9. The average molecular weight is 487 g/mol. The second-order valence-electron chi connectivity index (χ2n) is 7.69. The van der Waals surface area contributed by atoms with Crippen LogP contribution in [0.25, 0.3) is 33.5 Å². The molecule has 0 bridgehead atoms. The van der Waals surface area contributed by atoms with Crippen LogP contribution < -0.4 is 5.32 Å². The Balaban J connectivity index is 1.54. The highest BCUT2D eigenvalue weighted by Gasteiger charge is 2.21. The van der Waals surface area contributed by atoms with Crippen LogP contribution in [0, 0.1) is 11.3 Å². The summed E-state index contributed by atoms with van der Waals surface area (Å²) in [7, 11) is 1.79. The van der Waals surface area contributed by atoms with Gasteiger partial charge in [0.2, 0.25) is 6.41 Å². The van der Waals surface area contributed by atoms with Gasteiger partial charge in [-0.2, -0.15) is 15.5 Å². The van der Waals surface area contributed by atoms with E-state index in [1.165, 1.54) is 0 Å². The average Bonchev–Trinajstić information content (AvgIpc) is 3.52. The lowest BCUT2D eigenvalue weighted by Crippen LogP contribution is -2.24. The number of anilines is 1. The molecule has 0 fully saturated rings. The van der Waals surface area contributed by atoms with Gasteiger partial charge in [-0.25, -0.2) is 9.97 Å². The van der Waals surface area contributed by atoms with Crippen molar-refractivity contribution >= 4 is 28.3 Å². The highest BCUT2D eigenvalue weighted by atomic mass is 35.5. The maximum absolute atomic E-state index is 10.4. The molecule has 0 aliphatic rings. The lowest BCUT2D eigenvalue weighted by molar-refractivity contribution is -0.0874. The molecule has 0 radical (unpaired) electrons. The summed E-state index contributed by atoms with van der Waals surface area (Å²) in [6, 6.07) is 16.8. The highest BCUT2D eigenvalue weighted by Crippen LogP contribution is 2.34. The van der Waals surface area contributed by atoms with Crippen LogP contribution in [0.4, 0.5) is 5.82 Å². The molecule has 0 saturated carbocycles. The normalized spacial score (nSPS) is 11.9. The number of aryl methyl sites for hydroxylation is 1. The SMILES string of the molecule is Cn1ccc(-c2nc(NC(O)OCc3ccccc3)c(C#N)nc2-c2cc(Cl)c3[nH]ncc3c2)n1. The minimum atomic E-state index is -1.42. The number of aromatic nitrogens is 6. The fraction of sp³-hybridized carbons (Fsp3) is 0.125. The van der Waals surface area contributed by atoms with Crippen molar-refractivity contribution < 1.29 is 9.84 Å². The van der Waals surface area contributed by atoms with Crippen LogP contribution in [0.1, 0.15) is 11.3 Å². The summed E-state index contributed by atoms with van der Waals surface area (Å²) in [6.45, 7) is 0.165. The van der Waals surface area contributed by atoms with E-state index in [2.05, 4.69) is 30.6 Å². The predicted molar refractivity (Wildman–Crippen MR) is 130 cm³/mol. The van der Waals surface area contributed by atoms with E-state index in [9.17, 15) is 10.4 Å². The molecule has 3 heterocycles. The maximum atomic E-state index is 10.4. The van der Waals surface area contributed by atoms with E-state index in [0.717, 1.165) is 10.9 Å². The molecule has 174 valence electrons. The third kappa shape index (κ3) is 4.69. The lowest BCUT2D eigenvalue weighted by atomic mass is 10.1. The Morgan fingerprint density at radius 3 is 2.77 bits per heavy atom. The molecule has 10 nitrogen and oxygen atoms in total. The number of aliphatic hydroxyl groups is 1. The summed E-state index contributed by atoms with van der Waals surface area (Å²) in [5.41, 5.74) is 3.55. The largest absolute Gasteiger partial charge is 0.351 e. The van der Waals surface area contributed by atoms with Gasteiger partial charge >= 0.3 is 0 Å². The fourth-order valence-corrected chi connectivity index (χ4v) is 3.86. The van der Waals surface area contributed by atoms with E-state index in [4.69, 9.17) is 16.3 Å². The number of hydrogen-bond donors (Lipinski definition) is 3. The van der Waals surface area contributed by atoms with Crippen LogP contribution in [0.3, 0.4) is 0 Å². The Morgan fingerprint density at radius 2 is 2.03 bits per heavy atom. The van der Waals surface area contributed by atoms with Gasteiger partial charge in [0.05, 0.1) is 23.3 Å². The molecule has 11 heteroatoms. The minimum Gasteiger partial charge on any atom is -0.351 e. The molecular formula is C24H19ClN8O2. The van der Waals surface area contributed by atoms with Crippen molar-refractivity contribution in [1.29, 1.82) is 5.26 Å². The Labute approximate surface area is 204 Å². The van der Waals surface area contributed by atoms with E-state index in [1.807, 2.05) is 42.5 Å². The third-order valence-electron chi connectivity index (χ3n) is 5.24. The van der Waals surface area contributed by atoms with E-state index in [-0.39, 0.29) is 18.1 Å². The Morgan fingerprint density at radius 1 is 1.20 bits per heavy atom. The van der Waals surface area contributed by atoms with Gasteiger partial charge in [0, 0.05) is 24.2 Å². The van der Waals surface area contributed by atoms with Gasteiger partial charge in [-0.3, -0.25) is 9.78 Å². The quantitative estimate of drug-likeness (QED) is 0.295. The van der Waals surface area contributed by atoms with Gasteiger partial charge in [-0.1, -0.05) is 41.9 Å². The highest BCUT2D eigenvalue weighted by molar-refractivity contribution is 6.35. The van der Waals surface area contributed by atoms with Crippen molar-refractivity contribution in [3.05, 3.63) is 77.2 Å². The van der Waals surface area contributed by atoms with Gasteiger partial charge in [-0.05, 0) is 23.8 Å².